The van der Waals surface area contributed by atoms with E-state index < -0.39 is 6.10 Å². The molecule has 2 atom stereocenters. The minimum Gasteiger partial charge on any atom is -0.390 e. The lowest BCUT2D eigenvalue weighted by atomic mass is 9.96. The molecule has 0 saturated carbocycles. The highest BCUT2D eigenvalue weighted by Crippen LogP contribution is 2.17. The van der Waals surface area contributed by atoms with E-state index in [-0.39, 0.29) is 6.10 Å². The van der Waals surface area contributed by atoms with Crippen LogP contribution in [-0.4, -0.2) is 24.4 Å². The van der Waals surface area contributed by atoms with Crippen molar-refractivity contribution in [1.29, 1.82) is 0 Å². The van der Waals surface area contributed by atoms with Gasteiger partial charge in [0.2, 0.25) is 0 Å². The third kappa shape index (κ3) is 3.78. The van der Waals surface area contributed by atoms with Crippen LogP contribution in [0.15, 0.2) is 24.3 Å². The molecule has 2 unspecified atom stereocenters. The number of hydrogen-bond acceptors (Lipinski definition) is 2. The molecule has 1 aromatic carbocycles. The van der Waals surface area contributed by atoms with Gasteiger partial charge in [-0.1, -0.05) is 37.6 Å². The molecule has 1 N–H and O–H groups in total. The number of aliphatic hydroxyl groups is 1. The van der Waals surface area contributed by atoms with Gasteiger partial charge >= 0.3 is 0 Å². The molecular formula is C13H19ClO2. The quantitative estimate of drug-likeness (QED) is 0.860. The van der Waals surface area contributed by atoms with Gasteiger partial charge in [-0.05, 0) is 23.6 Å². The molecule has 0 radical (unpaired) electrons. The molecule has 1 rings (SSSR count). The van der Waals surface area contributed by atoms with Gasteiger partial charge in [-0.25, -0.2) is 0 Å². The Balaban J connectivity index is 2.66. The summed E-state index contributed by atoms with van der Waals surface area (Å²) in [7, 11) is 1.63. The van der Waals surface area contributed by atoms with Gasteiger partial charge in [0.1, 0.15) is 0 Å². The molecule has 0 aliphatic rings. The van der Waals surface area contributed by atoms with Gasteiger partial charge in [-0.2, -0.15) is 0 Å². The van der Waals surface area contributed by atoms with Crippen molar-refractivity contribution in [3.63, 3.8) is 0 Å². The maximum Gasteiger partial charge on any atom is 0.0856 e. The average Bonchev–Trinajstić information content (AvgIpc) is 2.17. The highest BCUT2D eigenvalue weighted by Gasteiger charge is 2.22. The third-order valence-electron chi connectivity index (χ3n) is 2.64. The molecule has 0 amide bonds. The highest BCUT2D eigenvalue weighted by molar-refractivity contribution is 6.30. The van der Waals surface area contributed by atoms with E-state index in [0.717, 1.165) is 5.56 Å². The Morgan fingerprint density at radius 3 is 2.56 bits per heavy atom. The van der Waals surface area contributed by atoms with Crippen molar-refractivity contribution in [3.8, 4) is 0 Å². The lowest BCUT2D eigenvalue weighted by Crippen LogP contribution is -2.34. The van der Waals surface area contributed by atoms with Crippen molar-refractivity contribution < 1.29 is 9.84 Å². The topological polar surface area (TPSA) is 29.5 Å². The average molecular weight is 243 g/mol. The molecule has 0 bridgehead atoms. The largest absolute Gasteiger partial charge is 0.390 e. The lowest BCUT2D eigenvalue weighted by Gasteiger charge is -2.25. The van der Waals surface area contributed by atoms with Crippen LogP contribution in [0.25, 0.3) is 0 Å². The first kappa shape index (κ1) is 13.5. The molecule has 90 valence electrons. The van der Waals surface area contributed by atoms with E-state index in [1.807, 2.05) is 38.1 Å². The lowest BCUT2D eigenvalue weighted by molar-refractivity contribution is -0.0367. The van der Waals surface area contributed by atoms with E-state index in [9.17, 15) is 5.11 Å². The van der Waals surface area contributed by atoms with Crippen molar-refractivity contribution in [2.45, 2.75) is 32.5 Å². The maximum absolute atomic E-state index is 10.1. The number of ether oxygens (including phenoxy) is 1. The van der Waals surface area contributed by atoms with Gasteiger partial charge in [0.25, 0.3) is 0 Å². The van der Waals surface area contributed by atoms with Crippen molar-refractivity contribution in [3.05, 3.63) is 34.9 Å². The van der Waals surface area contributed by atoms with Crippen molar-refractivity contribution in [1.82, 2.24) is 0 Å². The molecule has 2 nitrogen and oxygen atoms in total. The number of rotatable bonds is 5. The van der Waals surface area contributed by atoms with Crippen LogP contribution in [0.5, 0.6) is 0 Å². The van der Waals surface area contributed by atoms with Gasteiger partial charge < -0.3 is 9.84 Å². The van der Waals surface area contributed by atoms with E-state index in [0.29, 0.717) is 17.4 Å². The van der Waals surface area contributed by atoms with Crippen molar-refractivity contribution in [2.24, 2.45) is 5.92 Å². The fourth-order valence-electron chi connectivity index (χ4n) is 1.90. The molecule has 0 fully saturated rings. The molecular weight excluding hydrogens is 224 g/mol. The molecule has 0 spiro atoms. The number of halogens is 1. The van der Waals surface area contributed by atoms with Gasteiger partial charge in [0.15, 0.2) is 0 Å². The van der Waals surface area contributed by atoms with E-state index in [1.54, 1.807) is 7.11 Å². The smallest absolute Gasteiger partial charge is 0.0856 e. The third-order valence-corrected chi connectivity index (χ3v) is 2.88. The maximum atomic E-state index is 10.1. The fourth-order valence-corrected chi connectivity index (χ4v) is 2.11. The molecule has 0 heterocycles. The molecule has 0 aromatic heterocycles. The molecule has 0 aliphatic carbocycles. The SMILES string of the molecule is COC(C(C)C)C(O)Cc1cccc(Cl)c1. The summed E-state index contributed by atoms with van der Waals surface area (Å²) in [5.41, 5.74) is 1.03. The van der Waals surface area contributed by atoms with Crippen LogP contribution in [0.2, 0.25) is 5.02 Å². The van der Waals surface area contributed by atoms with Gasteiger partial charge in [0, 0.05) is 18.6 Å². The van der Waals surface area contributed by atoms with E-state index in [2.05, 4.69) is 0 Å². The second-order valence-electron chi connectivity index (χ2n) is 4.35. The molecule has 0 aliphatic heterocycles. The number of methoxy groups -OCH3 is 1. The predicted octanol–water partition coefficient (Wildman–Crippen LogP) is 2.91. The molecule has 3 heteroatoms. The zero-order valence-corrected chi connectivity index (χ0v) is 10.7. The van der Waals surface area contributed by atoms with Crippen molar-refractivity contribution >= 4 is 11.6 Å². The molecule has 0 saturated heterocycles. The summed E-state index contributed by atoms with van der Waals surface area (Å²) in [6.45, 7) is 4.07. The highest BCUT2D eigenvalue weighted by atomic mass is 35.5. The van der Waals surface area contributed by atoms with E-state index in [4.69, 9.17) is 16.3 Å². The summed E-state index contributed by atoms with van der Waals surface area (Å²) in [4.78, 5) is 0. The first-order valence-electron chi connectivity index (χ1n) is 5.50. The summed E-state index contributed by atoms with van der Waals surface area (Å²) < 4.78 is 5.29. The summed E-state index contributed by atoms with van der Waals surface area (Å²) in [6.07, 6.45) is -0.0699. The van der Waals surface area contributed by atoms with E-state index >= 15 is 0 Å². The summed E-state index contributed by atoms with van der Waals surface area (Å²) in [6, 6.07) is 7.55. The molecule has 1 aromatic rings. The fraction of sp³-hybridized carbons (Fsp3) is 0.538. The Kier molecular flexibility index (Phi) is 5.26. The summed E-state index contributed by atoms with van der Waals surface area (Å²) in [5.74, 6) is 0.291. The Morgan fingerprint density at radius 2 is 2.06 bits per heavy atom. The minimum atomic E-state index is -0.497. The normalized spacial score (nSPS) is 15.1. The first-order valence-corrected chi connectivity index (χ1v) is 5.87. The Morgan fingerprint density at radius 1 is 1.38 bits per heavy atom. The number of benzene rings is 1. The Hall–Kier alpha value is -0.570. The Labute approximate surface area is 102 Å². The number of aliphatic hydroxyl groups excluding tert-OH is 1. The minimum absolute atomic E-state index is 0.140. The molecule has 16 heavy (non-hydrogen) atoms. The number of hydrogen-bond donors (Lipinski definition) is 1. The van der Waals surface area contributed by atoms with Crippen LogP contribution in [0.4, 0.5) is 0 Å². The Bertz CT molecular complexity index is 325. The van der Waals surface area contributed by atoms with Crippen LogP contribution in [0.1, 0.15) is 19.4 Å². The van der Waals surface area contributed by atoms with Crippen LogP contribution in [0, 0.1) is 5.92 Å². The monoisotopic (exact) mass is 242 g/mol. The summed E-state index contributed by atoms with van der Waals surface area (Å²) in [5, 5.41) is 10.8. The summed E-state index contributed by atoms with van der Waals surface area (Å²) >= 11 is 5.89. The van der Waals surface area contributed by atoms with E-state index in [1.165, 1.54) is 0 Å². The van der Waals surface area contributed by atoms with Gasteiger partial charge in [-0.3, -0.25) is 0 Å². The van der Waals surface area contributed by atoms with Crippen molar-refractivity contribution in [2.75, 3.05) is 7.11 Å². The second kappa shape index (κ2) is 6.24. The van der Waals surface area contributed by atoms with Crippen LogP contribution >= 0.6 is 11.6 Å². The van der Waals surface area contributed by atoms with Crippen LogP contribution in [-0.2, 0) is 11.2 Å². The zero-order valence-electron chi connectivity index (χ0n) is 9.98. The van der Waals surface area contributed by atoms with Crippen LogP contribution in [0.3, 0.4) is 0 Å². The predicted molar refractivity (Wildman–Crippen MR) is 66.8 cm³/mol. The van der Waals surface area contributed by atoms with Gasteiger partial charge in [-0.15, -0.1) is 0 Å². The zero-order chi connectivity index (χ0) is 12.1. The first-order chi connectivity index (χ1) is 7.54. The van der Waals surface area contributed by atoms with Crippen LogP contribution < -0.4 is 0 Å². The standard InChI is InChI=1S/C13H19ClO2/c1-9(2)13(16-3)12(15)8-10-5-4-6-11(14)7-10/h4-7,9,12-13,15H,8H2,1-3H3. The van der Waals surface area contributed by atoms with Gasteiger partial charge in [0.05, 0.1) is 12.2 Å². The second-order valence-corrected chi connectivity index (χ2v) is 4.78.